The van der Waals surface area contributed by atoms with Crippen LogP contribution in [0.15, 0.2) is 43.5 Å². The van der Waals surface area contributed by atoms with Crippen LogP contribution in [0.5, 0.6) is 0 Å². The Kier molecular flexibility index (Phi) is 3.95. The topological polar surface area (TPSA) is 62.2 Å². The van der Waals surface area contributed by atoms with E-state index in [2.05, 4.69) is 21.4 Å². The van der Waals surface area contributed by atoms with Gasteiger partial charge in [-0.3, -0.25) is 14.7 Å². The van der Waals surface area contributed by atoms with Gasteiger partial charge in [-0.2, -0.15) is 0 Å². The van der Waals surface area contributed by atoms with Crippen LogP contribution in [0.3, 0.4) is 0 Å². The molecule has 0 aromatic carbocycles. The van der Waals surface area contributed by atoms with Crippen LogP contribution >= 0.6 is 0 Å². The molecule has 1 fully saturated rings. The van der Waals surface area contributed by atoms with Crippen LogP contribution in [-0.4, -0.2) is 32.9 Å². The Morgan fingerprint density at radius 2 is 2.08 bits per heavy atom. The second-order valence-corrected chi connectivity index (χ2v) is 6.45. The number of anilines is 2. The van der Waals surface area contributed by atoms with E-state index in [9.17, 15) is 4.79 Å². The molecule has 2 aromatic rings. The van der Waals surface area contributed by atoms with Gasteiger partial charge in [0, 0.05) is 30.2 Å². The lowest BCUT2D eigenvalue weighted by Crippen LogP contribution is -2.57. The molecule has 2 aromatic heterocycles. The van der Waals surface area contributed by atoms with E-state index in [0.717, 1.165) is 36.3 Å². The molecule has 25 heavy (non-hydrogen) atoms. The summed E-state index contributed by atoms with van der Waals surface area (Å²) in [4.78, 5) is 30.1. The lowest BCUT2D eigenvalue weighted by Gasteiger charge is -2.47. The zero-order chi connectivity index (χ0) is 17.4. The van der Waals surface area contributed by atoms with Crippen molar-refractivity contribution in [2.45, 2.75) is 44.7 Å². The van der Waals surface area contributed by atoms with Gasteiger partial charge in [-0.05, 0) is 37.8 Å². The summed E-state index contributed by atoms with van der Waals surface area (Å²) >= 11 is 0. The molecule has 0 bridgehead atoms. The molecular formula is C19H21N5O. The monoisotopic (exact) mass is 335 g/mol. The Morgan fingerprint density at radius 3 is 2.68 bits per heavy atom. The number of fused-ring (bicyclic) bond motifs is 1. The molecule has 0 radical (unpaired) electrons. The van der Waals surface area contributed by atoms with Gasteiger partial charge in [0.15, 0.2) is 11.6 Å². The molecule has 128 valence electrons. The van der Waals surface area contributed by atoms with Crippen LogP contribution in [-0.2, 0) is 4.79 Å². The first-order valence-electron chi connectivity index (χ1n) is 8.76. The van der Waals surface area contributed by atoms with Crippen molar-refractivity contribution in [3.63, 3.8) is 0 Å². The number of pyridine rings is 1. The van der Waals surface area contributed by atoms with Gasteiger partial charge in [-0.1, -0.05) is 13.5 Å². The SMILES string of the molecule is C=CN1C(=O)C(CC)N(C2CCC2)c2nc(-c3ccncc3)ncc21. The fourth-order valence-electron chi connectivity index (χ4n) is 3.56. The summed E-state index contributed by atoms with van der Waals surface area (Å²) in [6, 6.07) is 3.97. The molecular weight excluding hydrogens is 314 g/mol. The minimum Gasteiger partial charge on any atom is -0.340 e. The van der Waals surface area contributed by atoms with Gasteiger partial charge >= 0.3 is 0 Å². The predicted octanol–water partition coefficient (Wildman–Crippen LogP) is 3.17. The molecule has 1 aliphatic heterocycles. The van der Waals surface area contributed by atoms with Crippen molar-refractivity contribution in [3.8, 4) is 11.4 Å². The molecule has 1 saturated carbocycles. The maximum absolute atomic E-state index is 12.9. The largest absolute Gasteiger partial charge is 0.340 e. The average Bonchev–Trinajstić information content (AvgIpc) is 2.61. The van der Waals surface area contributed by atoms with Crippen LogP contribution in [0.2, 0.25) is 0 Å². The van der Waals surface area contributed by atoms with Gasteiger partial charge in [-0.15, -0.1) is 0 Å². The van der Waals surface area contributed by atoms with Crippen molar-refractivity contribution >= 4 is 17.4 Å². The zero-order valence-electron chi connectivity index (χ0n) is 14.3. The van der Waals surface area contributed by atoms with E-state index in [0.29, 0.717) is 11.9 Å². The van der Waals surface area contributed by atoms with Crippen molar-refractivity contribution in [3.05, 3.63) is 43.5 Å². The highest BCUT2D eigenvalue weighted by molar-refractivity contribution is 6.06. The molecule has 1 amide bonds. The van der Waals surface area contributed by atoms with E-state index in [4.69, 9.17) is 4.98 Å². The Hall–Kier alpha value is -2.76. The number of rotatable bonds is 4. The molecule has 1 aliphatic carbocycles. The number of hydrogen-bond acceptors (Lipinski definition) is 5. The maximum Gasteiger partial charge on any atom is 0.253 e. The van der Waals surface area contributed by atoms with Crippen LogP contribution < -0.4 is 9.80 Å². The van der Waals surface area contributed by atoms with E-state index in [1.165, 1.54) is 6.42 Å². The molecule has 0 N–H and O–H groups in total. The third-order valence-electron chi connectivity index (χ3n) is 5.09. The second kappa shape index (κ2) is 6.27. The first-order valence-corrected chi connectivity index (χ1v) is 8.76. The number of carbonyl (C=O) groups excluding carboxylic acids is 1. The molecule has 4 rings (SSSR count). The van der Waals surface area contributed by atoms with Crippen LogP contribution in [0.4, 0.5) is 11.5 Å². The lowest BCUT2D eigenvalue weighted by atomic mass is 9.88. The number of carbonyl (C=O) groups is 1. The van der Waals surface area contributed by atoms with Crippen molar-refractivity contribution in [1.82, 2.24) is 15.0 Å². The Labute approximate surface area is 147 Å². The van der Waals surface area contributed by atoms with E-state index >= 15 is 0 Å². The van der Waals surface area contributed by atoms with Gasteiger partial charge in [0.2, 0.25) is 0 Å². The van der Waals surface area contributed by atoms with Gasteiger partial charge in [0.05, 0.1) is 6.20 Å². The minimum atomic E-state index is -0.198. The van der Waals surface area contributed by atoms with Crippen LogP contribution in [0, 0.1) is 0 Å². The summed E-state index contributed by atoms with van der Waals surface area (Å²) in [7, 11) is 0. The van der Waals surface area contributed by atoms with Gasteiger partial charge in [0.1, 0.15) is 11.7 Å². The third-order valence-corrected chi connectivity index (χ3v) is 5.09. The van der Waals surface area contributed by atoms with Gasteiger partial charge in [-0.25, -0.2) is 9.97 Å². The van der Waals surface area contributed by atoms with E-state index in [1.54, 1.807) is 29.7 Å². The summed E-state index contributed by atoms with van der Waals surface area (Å²) < 4.78 is 0. The first kappa shape index (κ1) is 15.7. The van der Waals surface area contributed by atoms with Gasteiger partial charge < -0.3 is 4.90 Å². The molecule has 2 aliphatic rings. The number of aromatic nitrogens is 3. The lowest BCUT2D eigenvalue weighted by molar-refractivity contribution is -0.119. The van der Waals surface area contributed by atoms with Crippen molar-refractivity contribution < 1.29 is 4.79 Å². The van der Waals surface area contributed by atoms with Crippen molar-refractivity contribution in [2.75, 3.05) is 9.80 Å². The van der Waals surface area contributed by atoms with E-state index < -0.39 is 0 Å². The molecule has 0 spiro atoms. The molecule has 1 atom stereocenters. The van der Waals surface area contributed by atoms with Crippen LogP contribution in [0.25, 0.3) is 11.4 Å². The Morgan fingerprint density at radius 1 is 1.32 bits per heavy atom. The zero-order valence-corrected chi connectivity index (χ0v) is 14.3. The molecule has 6 heteroatoms. The summed E-state index contributed by atoms with van der Waals surface area (Å²) in [5.74, 6) is 1.54. The average molecular weight is 335 g/mol. The summed E-state index contributed by atoms with van der Waals surface area (Å²) in [5, 5.41) is 0. The third kappa shape index (κ3) is 2.49. The highest BCUT2D eigenvalue weighted by Crippen LogP contribution is 2.41. The number of amides is 1. The van der Waals surface area contributed by atoms with Crippen molar-refractivity contribution in [1.29, 1.82) is 0 Å². The standard InChI is InChI=1S/C19H21N5O/c1-3-15-19(25)23(4-2)16-12-21-17(13-8-10-20-11-9-13)22-18(16)24(15)14-6-5-7-14/h4,8-12,14-15H,2-3,5-7H2,1H3. The van der Waals surface area contributed by atoms with E-state index in [1.807, 2.05) is 19.1 Å². The fraction of sp³-hybridized carbons (Fsp3) is 0.368. The molecule has 6 nitrogen and oxygen atoms in total. The number of nitrogens with zero attached hydrogens (tertiary/aromatic N) is 5. The summed E-state index contributed by atoms with van der Waals surface area (Å²) in [6.07, 6.45) is 10.9. The Bertz CT molecular complexity index is 803. The van der Waals surface area contributed by atoms with Crippen molar-refractivity contribution in [2.24, 2.45) is 0 Å². The normalized spacial score (nSPS) is 20.2. The predicted molar refractivity (Wildman–Crippen MR) is 97.1 cm³/mol. The second-order valence-electron chi connectivity index (χ2n) is 6.45. The van der Waals surface area contributed by atoms with Crippen LogP contribution in [0.1, 0.15) is 32.6 Å². The highest BCUT2D eigenvalue weighted by Gasteiger charge is 2.42. The first-order chi connectivity index (χ1) is 12.2. The fourth-order valence-corrected chi connectivity index (χ4v) is 3.56. The summed E-state index contributed by atoms with van der Waals surface area (Å²) in [5.41, 5.74) is 1.64. The van der Waals surface area contributed by atoms with E-state index in [-0.39, 0.29) is 11.9 Å². The summed E-state index contributed by atoms with van der Waals surface area (Å²) in [6.45, 7) is 5.86. The number of hydrogen-bond donors (Lipinski definition) is 0. The molecule has 3 heterocycles. The van der Waals surface area contributed by atoms with Gasteiger partial charge in [0.25, 0.3) is 5.91 Å². The maximum atomic E-state index is 12.9. The quantitative estimate of drug-likeness (QED) is 0.859. The highest BCUT2D eigenvalue weighted by atomic mass is 16.2. The molecule has 1 unspecified atom stereocenters. The minimum absolute atomic E-state index is 0.0529. The smallest absolute Gasteiger partial charge is 0.253 e. The Balaban J connectivity index is 1.86. The molecule has 0 saturated heterocycles.